The summed E-state index contributed by atoms with van der Waals surface area (Å²) in [7, 11) is 0. The van der Waals surface area contributed by atoms with Gasteiger partial charge in [-0.15, -0.1) is 0 Å². The average molecular weight is 164 g/mol. The Bertz CT molecular complexity index is 210. The van der Waals surface area contributed by atoms with E-state index in [0.29, 0.717) is 13.0 Å². The van der Waals surface area contributed by atoms with Crippen LogP contribution in [-0.4, -0.2) is 6.23 Å². The zero-order valence-electron chi connectivity index (χ0n) is 7.07. The molecule has 1 aromatic rings. The van der Waals surface area contributed by atoms with Crippen LogP contribution in [0.4, 0.5) is 0 Å². The average Bonchev–Trinajstić information content (AvgIpc) is 2.16. The molecule has 1 aromatic carbocycles. The van der Waals surface area contributed by atoms with Crippen LogP contribution < -0.4 is 5.73 Å². The Morgan fingerprint density at radius 1 is 1.33 bits per heavy atom. The lowest BCUT2D eigenvalue weighted by atomic mass is 10.2. The highest BCUT2D eigenvalue weighted by Gasteiger charge is 1.97. The van der Waals surface area contributed by atoms with Crippen molar-refractivity contribution in [2.24, 2.45) is 5.73 Å². The monoisotopic (exact) mass is 164 g/mol. The second-order valence-electron chi connectivity index (χ2n) is 2.62. The Labute approximate surface area is 73.3 Å². The summed E-state index contributed by atoms with van der Waals surface area (Å²) in [6.45, 7) is 4.21. The van der Waals surface area contributed by atoms with Crippen molar-refractivity contribution < 1.29 is 4.74 Å². The minimum atomic E-state index is -0.245. The van der Waals surface area contributed by atoms with Crippen molar-refractivity contribution in [3.63, 3.8) is 0 Å². The molecule has 0 bridgehead atoms. The van der Waals surface area contributed by atoms with Gasteiger partial charge in [-0.1, -0.05) is 30.3 Å². The Hall–Kier alpha value is -0.860. The van der Waals surface area contributed by atoms with E-state index in [2.05, 4.69) is 6.92 Å². The van der Waals surface area contributed by atoms with Crippen molar-refractivity contribution in [3.8, 4) is 0 Å². The minimum Gasteiger partial charge on any atom is -0.359 e. The van der Waals surface area contributed by atoms with Crippen LogP contribution in [0.25, 0.3) is 0 Å². The summed E-state index contributed by atoms with van der Waals surface area (Å²) in [5.41, 5.74) is 6.68. The Balaban J connectivity index is 2.33. The highest BCUT2D eigenvalue weighted by Crippen LogP contribution is 2.02. The fourth-order valence-electron chi connectivity index (χ4n) is 0.861. The number of benzene rings is 1. The lowest BCUT2D eigenvalue weighted by Gasteiger charge is -2.09. The molecule has 0 aliphatic heterocycles. The second kappa shape index (κ2) is 4.91. The largest absolute Gasteiger partial charge is 0.359 e. The fourth-order valence-corrected chi connectivity index (χ4v) is 0.861. The van der Waals surface area contributed by atoms with Gasteiger partial charge in [0, 0.05) is 0 Å². The van der Waals surface area contributed by atoms with E-state index in [-0.39, 0.29) is 6.23 Å². The Kier molecular flexibility index (Phi) is 3.77. The highest BCUT2D eigenvalue weighted by molar-refractivity contribution is 5.13. The third-order valence-corrected chi connectivity index (χ3v) is 1.59. The molecule has 0 spiro atoms. The minimum absolute atomic E-state index is 0.245. The molecular weight excluding hydrogens is 150 g/mol. The number of ether oxygens (including phenoxy) is 1. The van der Waals surface area contributed by atoms with Gasteiger partial charge in [0.2, 0.25) is 0 Å². The number of hydrogen-bond donors (Lipinski definition) is 1. The van der Waals surface area contributed by atoms with Crippen LogP contribution in [0.5, 0.6) is 0 Å². The Morgan fingerprint density at radius 2 is 2.00 bits per heavy atom. The molecule has 0 aliphatic rings. The van der Waals surface area contributed by atoms with Crippen LogP contribution in [0.3, 0.4) is 0 Å². The maximum absolute atomic E-state index is 5.54. The van der Waals surface area contributed by atoms with Crippen molar-refractivity contribution in [3.05, 3.63) is 42.8 Å². The lowest BCUT2D eigenvalue weighted by molar-refractivity contribution is 0.0466. The summed E-state index contributed by atoms with van der Waals surface area (Å²) in [6.07, 6.45) is 0.359. The van der Waals surface area contributed by atoms with E-state index in [9.17, 15) is 0 Å². The van der Waals surface area contributed by atoms with E-state index in [1.807, 2.05) is 30.3 Å². The summed E-state index contributed by atoms with van der Waals surface area (Å²) < 4.78 is 5.29. The molecule has 1 atom stereocenters. The molecular formula is C10H14NO. The lowest BCUT2D eigenvalue weighted by Crippen LogP contribution is -2.22. The van der Waals surface area contributed by atoms with Crippen molar-refractivity contribution in [2.75, 3.05) is 0 Å². The van der Waals surface area contributed by atoms with Gasteiger partial charge in [0.05, 0.1) is 6.61 Å². The third kappa shape index (κ3) is 3.03. The maximum Gasteiger partial charge on any atom is 0.106 e. The molecule has 0 heterocycles. The summed E-state index contributed by atoms with van der Waals surface area (Å²) in [5, 5.41) is 0. The van der Waals surface area contributed by atoms with Gasteiger partial charge in [-0.05, 0) is 18.9 Å². The Morgan fingerprint density at radius 3 is 2.58 bits per heavy atom. The smallest absolute Gasteiger partial charge is 0.106 e. The molecule has 2 nitrogen and oxygen atoms in total. The third-order valence-electron chi connectivity index (χ3n) is 1.59. The van der Waals surface area contributed by atoms with Crippen LogP contribution in [-0.2, 0) is 11.3 Å². The molecule has 0 aromatic heterocycles. The number of rotatable bonds is 4. The normalized spacial score (nSPS) is 12.8. The van der Waals surface area contributed by atoms with E-state index in [1.54, 1.807) is 0 Å². The SMILES string of the molecule is [CH2]CC(N)OCc1ccccc1. The number of hydrogen-bond acceptors (Lipinski definition) is 2. The molecule has 2 heteroatoms. The first-order valence-corrected chi connectivity index (χ1v) is 4.03. The molecule has 1 rings (SSSR count). The summed E-state index contributed by atoms with van der Waals surface area (Å²) >= 11 is 0. The molecule has 0 saturated heterocycles. The summed E-state index contributed by atoms with van der Waals surface area (Å²) in [6, 6.07) is 9.96. The van der Waals surface area contributed by atoms with E-state index < -0.39 is 0 Å². The molecule has 0 saturated carbocycles. The first-order valence-electron chi connectivity index (χ1n) is 4.03. The van der Waals surface area contributed by atoms with Crippen molar-refractivity contribution in [1.82, 2.24) is 0 Å². The first kappa shape index (κ1) is 9.23. The molecule has 12 heavy (non-hydrogen) atoms. The van der Waals surface area contributed by atoms with Crippen LogP contribution >= 0.6 is 0 Å². The molecule has 2 N–H and O–H groups in total. The van der Waals surface area contributed by atoms with Gasteiger partial charge >= 0.3 is 0 Å². The van der Waals surface area contributed by atoms with Crippen LogP contribution in [0.15, 0.2) is 30.3 Å². The van der Waals surface area contributed by atoms with Crippen LogP contribution in [0.1, 0.15) is 12.0 Å². The summed E-state index contributed by atoms with van der Waals surface area (Å²) in [4.78, 5) is 0. The molecule has 65 valence electrons. The van der Waals surface area contributed by atoms with E-state index in [0.717, 1.165) is 5.56 Å². The van der Waals surface area contributed by atoms with Crippen molar-refractivity contribution in [2.45, 2.75) is 19.3 Å². The van der Waals surface area contributed by atoms with Gasteiger partial charge in [-0.25, -0.2) is 0 Å². The molecule has 0 fully saturated rings. The van der Waals surface area contributed by atoms with Crippen LogP contribution in [0.2, 0.25) is 0 Å². The van der Waals surface area contributed by atoms with Gasteiger partial charge in [0.25, 0.3) is 0 Å². The maximum atomic E-state index is 5.54. The van der Waals surface area contributed by atoms with Crippen LogP contribution in [0, 0.1) is 6.92 Å². The number of nitrogens with two attached hydrogens (primary N) is 1. The quantitative estimate of drug-likeness (QED) is 0.687. The van der Waals surface area contributed by atoms with E-state index >= 15 is 0 Å². The van der Waals surface area contributed by atoms with Gasteiger partial charge in [-0.2, -0.15) is 0 Å². The van der Waals surface area contributed by atoms with Gasteiger partial charge < -0.3 is 10.5 Å². The second-order valence-corrected chi connectivity index (χ2v) is 2.62. The van der Waals surface area contributed by atoms with Crippen molar-refractivity contribution >= 4 is 0 Å². The molecule has 0 aliphatic carbocycles. The first-order chi connectivity index (χ1) is 5.83. The predicted octanol–water partition coefficient (Wildman–Crippen LogP) is 1.71. The zero-order chi connectivity index (χ0) is 8.81. The fraction of sp³-hybridized carbons (Fsp3) is 0.300. The van der Waals surface area contributed by atoms with Gasteiger partial charge in [0.15, 0.2) is 0 Å². The molecule has 1 unspecified atom stereocenters. The topological polar surface area (TPSA) is 35.2 Å². The molecule has 0 amide bonds. The molecule has 1 radical (unpaired) electrons. The predicted molar refractivity (Wildman–Crippen MR) is 49.2 cm³/mol. The highest BCUT2D eigenvalue weighted by atomic mass is 16.5. The standard InChI is InChI=1S/C10H14NO/c1-2-10(11)12-8-9-6-4-3-5-7-9/h3-7,10H,1-2,8,11H2. The van der Waals surface area contributed by atoms with E-state index in [4.69, 9.17) is 10.5 Å². The zero-order valence-corrected chi connectivity index (χ0v) is 7.07. The van der Waals surface area contributed by atoms with Gasteiger partial charge in [-0.3, -0.25) is 0 Å². The summed E-state index contributed by atoms with van der Waals surface area (Å²) in [5.74, 6) is 0. The van der Waals surface area contributed by atoms with Gasteiger partial charge in [0.1, 0.15) is 6.23 Å². The van der Waals surface area contributed by atoms with Crippen molar-refractivity contribution in [1.29, 1.82) is 0 Å². The van der Waals surface area contributed by atoms with E-state index in [1.165, 1.54) is 0 Å².